The zero-order valence-corrected chi connectivity index (χ0v) is 16.2. The van der Waals surface area contributed by atoms with Gasteiger partial charge >= 0.3 is 0 Å². The Morgan fingerprint density at radius 3 is 2.85 bits per heavy atom. The number of nitrogens with one attached hydrogen (secondary N) is 2. The third kappa shape index (κ3) is 3.89. The number of fused-ring (bicyclic) bond motifs is 1. The molecule has 1 aromatic carbocycles. The van der Waals surface area contributed by atoms with Gasteiger partial charge in [-0.25, -0.2) is 4.98 Å². The number of benzene rings is 1. The minimum absolute atomic E-state index is 0.0355. The molecule has 26 heavy (non-hydrogen) atoms. The lowest BCUT2D eigenvalue weighted by Gasteiger charge is -2.12. The Balaban J connectivity index is 2.01. The Morgan fingerprint density at radius 1 is 1.31 bits per heavy atom. The van der Waals surface area contributed by atoms with Gasteiger partial charge < -0.3 is 19.8 Å². The van der Waals surface area contributed by atoms with E-state index in [0.29, 0.717) is 30.3 Å². The lowest BCUT2D eigenvalue weighted by atomic mass is 10.1. The Morgan fingerprint density at radius 2 is 2.12 bits per heavy atom. The van der Waals surface area contributed by atoms with Gasteiger partial charge in [0, 0.05) is 35.5 Å². The Bertz CT molecular complexity index is 962. The Labute approximate surface area is 156 Å². The molecule has 0 aliphatic rings. The molecular weight excluding hydrogens is 350 g/mol. The van der Waals surface area contributed by atoms with Gasteiger partial charge in [0.2, 0.25) is 0 Å². The van der Waals surface area contributed by atoms with Crippen molar-refractivity contribution in [1.29, 1.82) is 0 Å². The molecule has 0 amide bonds. The molecule has 2 aromatic heterocycles. The highest BCUT2D eigenvalue weighted by molar-refractivity contribution is 7.14. The quantitative estimate of drug-likeness (QED) is 0.616. The SMILES string of the molecule is COCCOc1ccc2c(=O)cc(-c3csc(NC(C)C)n3)[nH]c2c1C. The summed E-state index contributed by atoms with van der Waals surface area (Å²) in [7, 11) is 1.64. The zero-order chi connectivity index (χ0) is 18.7. The summed E-state index contributed by atoms with van der Waals surface area (Å²) >= 11 is 1.52. The molecule has 0 aliphatic heterocycles. The predicted molar refractivity (Wildman–Crippen MR) is 107 cm³/mol. The molecule has 6 nitrogen and oxygen atoms in total. The molecule has 2 N–H and O–H groups in total. The molecule has 0 atom stereocenters. The smallest absolute Gasteiger partial charge is 0.190 e. The Hall–Kier alpha value is -2.38. The molecule has 0 saturated heterocycles. The minimum Gasteiger partial charge on any atom is -0.491 e. The van der Waals surface area contributed by atoms with Crippen LogP contribution in [0.15, 0.2) is 28.4 Å². The monoisotopic (exact) mass is 373 g/mol. The summed E-state index contributed by atoms with van der Waals surface area (Å²) < 4.78 is 10.8. The summed E-state index contributed by atoms with van der Waals surface area (Å²) in [6.45, 7) is 7.04. The third-order valence-electron chi connectivity index (χ3n) is 3.95. The van der Waals surface area contributed by atoms with Crippen LogP contribution in [0.2, 0.25) is 0 Å². The van der Waals surface area contributed by atoms with Crippen molar-refractivity contribution in [3.63, 3.8) is 0 Å². The first-order chi connectivity index (χ1) is 12.5. The lowest BCUT2D eigenvalue weighted by Crippen LogP contribution is -2.09. The highest BCUT2D eigenvalue weighted by atomic mass is 32.1. The molecule has 0 aliphatic carbocycles. The topological polar surface area (TPSA) is 76.2 Å². The van der Waals surface area contributed by atoms with Crippen molar-refractivity contribution in [2.45, 2.75) is 26.8 Å². The maximum atomic E-state index is 12.6. The predicted octanol–water partition coefficient (Wildman–Crippen LogP) is 3.81. The van der Waals surface area contributed by atoms with Gasteiger partial charge in [-0.3, -0.25) is 4.79 Å². The van der Waals surface area contributed by atoms with E-state index in [0.717, 1.165) is 27.7 Å². The molecular formula is C19H23N3O3S. The van der Waals surface area contributed by atoms with Crippen LogP contribution in [0.4, 0.5) is 5.13 Å². The number of H-pyrrole nitrogens is 1. The zero-order valence-electron chi connectivity index (χ0n) is 15.4. The van der Waals surface area contributed by atoms with Gasteiger partial charge in [-0.15, -0.1) is 11.3 Å². The van der Waals surface area contributed by atoms with Crippen LogP contribution < -0.4 is 15.5 Å². The standard InChI is InChI=1S/C19H23N3O3S/c1-11(2)20-19-22-15(10-26-19)14-9-16(23)13-5-6-17(25-8-7-24-4)12(3)18(13)21-14/h5-6,9-11H,7-8H2,1-4H3,(H,20,22)(H,21,23). The third-order valence-corrected chi connectivity index (χ3v) is 4.73. The van der Waals surface area contributed by atoms with Crippen LogP contribution in [0, 0.1) is 6.92 Å². The first kappa shape index (κ1) is 18.4. The summed E-state index contributed by atoms with van der Waals surface area (Å²) in [4.78, 5) is 20.5. The van der Waals surface area contributed by atoms with E-state index in [1.807, 2.05) is 18.4 Å². The van der Waals surface area contributed by atoms with Crippen molar-refractivity contribution in [2.75, 3.05) is 25.6 Å². The number of methoxy groups -OCH3 is 1. The fourth-order valence-electron chi connectivity index (χ4n) is 2.68. The molecule has 2 heterocycles. The number of aryl methyl sites for hydroxylation is 1. The maximum absolute atomic E-state index is 12.6. The lowest BCUT2D eigenvalue weighted by molar-refractivity contribution is 0.146. The van der Waals surface area contributed by atoms with Crippen molar-refractivity contribution >= 4 is 27.4 Å². The summed E-state index contributed by atoms with van der Waals surface area (Å²) in [6, 6.07) is 5.52. The normalized spacial score (nSPS) is 11.3. The molecule has 0 unspecified atom stereocenters. The fraction of sp³-hybridized carbons (Fsp3) is 0.368. The molecule has 0 spiro atoms. The summed E-state index contributed by atoms with van der Waals surface area (Å²) in [5, 5.41) is 6.70. The van der Waals surface area contributed by atoms with E-state index in [9.17, 15) is 4.79 Å². The fourth-order valence-corrected chi connectivity index (χ4v) is 3.54. The van der Waals surface area contributed by atoms with Crippen LogP contribution in [-0.4, -0.2) is 36.3 Å². The van der Waals surface area contributed by atoms with E-state index in [2.05, 4.69) is 29.1 Å². The summed E-state index contributed by atoms with van der Waals surface area (Å²) in [5.41, 5.74) is 3.09. The summed E-state index contributed by atoms with van der Waals surface area (Å²) in [6.07, 6.45) is 0. The van der Waals surface area contributed by atoms with Crippen molar-refractivity contribution in [2.24, 2.45) is 0 Å². The van der Waals surface area contributed by atoms with E-state index in [-0.39, 0.29) is 5.43 Å². The number of aromatic nitrogens is 2. The molecule has 0 fully saturated rings. The number of hydrogen-bond donors (Lipinski definition) is 2. The highest BCUT2D eigenvalue weighted by Gasteiger charge is 2.12. The van der Waals surface area contributed by atoms with E-state index >= 15 is 0 Å². The van der Waals surface area contributed by atoms with Crippen LogP contribution in [0.1, 0.15) is 19.4 Å². The molecule has 7 heteroatoms. The largest absolute Gasteiger partial charge is 0.491 e. The van der Waals surface area contributed by atoms with Crippen LogP contribution >= 0.6 is 11.3 Å². The van der Waals surface area contributed by atoms with E-state index in [4.69, 9.17) is 9.47 Å². The second kappa shape index (κ2) is 7.88. The van der Waals surface area contributed by atoms with Gasteiger partial charge in [-0.1, -0.05) is 0 Å². The van der Waals surface area contributed by atoms with Gasteiger partial charge in [0.05, 0.1) is 23.5 Å². The summed E-state index contributed by atoms with van der Waals surface area (Å²) in [5.74, 6) is 0.739. The first-order valence-corrected chi connectivity index (χ1v) is 9.38. The first-order valence-electron chi connectivity index (χ1n) is 8.50. The van der Waals surface area contributed by atoms with Crippen LogP contribution in [-0.2, 0) is 4.74 Å². The van der Waals surface area contributed by atoms with Crippen LogP contribution in [0.25, 0.3) is 22.3 Å². The van der Waals surface area contributed by atoms with Crippen molar-refractivity contribution < 1.29 is 9.47 Å². The van der Waals surface area contributed by atoms with Gasteiger partial charge in [0.15, 0.2) is 10.6 Å². The molecule has 3 aromatic rings. The van der Waals surface area contributed by atoms with E-state index in [1.165, 1.54) is 11.3 Å². The second-order valence-corrected chi connectivity index (χ2v) is 7.19. The second-order valence-electron chi connectivity index (χ2n) is 6.34. The van der Waals surface area contributed by atoms with Crippen molar-refractivity contribution in [3.8, 4) is 17.1 Å². The van der Waals surface area contributed by atoms with Crippen LogP contribution in [0.5, 0.6) is 5.75 Å². The number of ether oxygens (including phenoxy) is 2. The number of hydrogen-bond acceptors (Lipinski definition) is 6. The number of thiazole rings is 1. The van der Waals surface area contributed by atoms with Gasteiger partial charge in [0.1, 0.15) is 12.4 Å². The number of nitrogens with zero attached hydrogens (tertiary/aromatic N) is 1. The number of anilines is 1. The maximum Gasteiger partial charge on any atom is 0.190 e. The molecule has 0 saturated carbocycles. The molecule has 3 rings (SSSR count). The van der Waals surface area contributed by atoms with E-state index < -0.39 is 0 Å². The molecule has 0 bridgehead atoms. The number of aromatic amines is 1. The Kier molecular flexibility index (Phi) is 5.58. The van der Waals surface area contributed by atoms with Gasteiger partial charge in [-0.2, -0.15) is 0 Å². The van der Waals surface area contributed by atoms with Gasteiger partial charge in [-0.05, 0) is 32.9 Å². The molecule has 0 radical (unpaired) electrons. The molecule has 138 valence electrons. The van der Waals surface area contributed by atoms with E-state index in [1.54, 1.807) is 19.2 Å². The highest BCUT2D eigenvalue weighted by Crippen LogP contribution is 2.28. The van der Waals surface area contributed by atoms with Crippen molar-refractivity contribution in [1.82, 2.24) is 9.97 Å². The van der Waals surface area contributed by atoms with Crippen LogP contribution in [0.3, 0.4) is 0 Å². The minimum atomic E-state index is -0.0355. The average molecular weight is 373 g/mol. The average Bonchev–Trinajstić information content (AvgIpc) is 3.05. The number of pyridine rings is 1. The van der Waals surface area contributed by atoms with Crippen molar-refractivity contribution in [3.05, 3.63) is 39.4 Å². The number of rotatable bonds is 7. The van der Waals surface area contributed by atoms with Gasteiger partial charge in [0.25, 0.3) is 0 Å².